The average Bonchev–Trinajstić information content (AvgIpc) is 2.79. The van der Waals surface area contributed by atoms with Crippen molar-refractivity contribution in [2.75, 3.05) is 4.90 Å². The van der Waals surface area contributed by atoms with Crippen LogP contribution < -0.4 is 4.90 Å². The van der Waals surface area contributed by atoms with E-state index in [4.69, 9.17) is 27.9 Å². The molecule has 9 heteroatoms. The van der Waals surface area contributed by atoms with E-state index in [0.717, 1.165) is 0 Å². The molecule has 1 N–H and O–H groups in total. The number of esters is 1. The van der Waals surface area contributed by atoms with Crippen molar-refractivity contribution in [3.63, 3.8) is 0 Å². The number of hydrogen-bond donors (Lipinski definition) is 1. The SMILES string of the molecule is CC(C)C(C)(OC(=O)C(=O)CC(=O)N(Cc1ccc(Cl)c(Cl)c1)c1cccc(C(=O)O)c1)C(C)C. The number of carbonyl (C=O) groups excluding carboxylic acids is 3. The van der Waals surface area contributed by atoms with Crippen molar-refractivity contribution in [1.29, 1.82) is 0 Å². The fourth-order valence-electron chi connectivity index (χ4n) is 3.41. The van der Waals surface area contributed by atoms with Crippen LogP contribution >= 0.6 is 23.2 Å². The van der Waals surface area contributed by atoms with E-state index in [1.54, 1.807) is 31.2 Å². The lowest BCUT2D eigenvalue weighted by atomic mass is 9.82. The molecule has 0 bridgehead atoms. The van der Waals surface area contributed by atoms with Crippen LogP contribution in [-0.2, 0) is 25.7 Å². The lowest BCUT2D eigenvalue weighted by Gasteiger charge is -2.37. The van der Waals surface area contributed by atoms with E-state index >= 15 is 0 Å². The molecular formula is C26H29Cl2NO6. The molecule has 0 saturated carbocycles. The van der Waals surface area contributed by atoms with Gasteiger partial charge in [0.25, 0.3) is 0 Å². The lowest BCUT2D eigenvalue weighted by Crippen LogP contribution is -2.44. The van der Waals surface area contributed by atoms with Gasteiger partial charge in [0, 0.05) is 5.69 Å². The predicted octanol–water partition coefficient (Wildman–Crippen LogP) is 5.80. The van der Waals surface area contributed by atoms with Gasteiger partial charge in [0.2, 0.25) is 11.7 Å². The van der Waals surface area contributed by atoms with Crippen molar-refractivity contribution >= 4 is 52.5 Å². The van der Waals surface area contributed by atoms with Crippen molar-refractivity contribution in [2.24, 2.45) is 11.8 Å². The number of nitrogens with zero attached hydrogens (tertiary/aromatic N) is 1. The fourth-order valence-corrected chi connectivity index (χ4v) is 3.74. The molecule has 0 aliphatic rings. The molecule has 0 radical (unpaired) electrons. The average molecular weight is 522 g/mol. The van der Waals surface area contributed by atoms with Gasteiger partial charge in [0.15, 0.2) is 0 Å². The summed E-state index contributed by atoms with van der Waals surface area (Å²) in [5, 5.41) is 9.96. The van der Waals surface area contributed by atoms with E-state index in [1.807, 2.05) is 27.7 Å². The van der Waals surface area contributed by atoms with Gasteiger partial charge in [0.05, 0.1) is 28.6 Å². The first-order chi connectivity index (χ1) is 16.3. The van der Waals surface area contributed by atoms with Crippen LogP contribution in [-0.4, -0.2) is 34.3 Å². The van der Waals surface area contributed by atoms with Crippen LogP contribution in [0.15, 0.2) is 42.5 Å². The Hall–Kier alpha value is -2.90. The maximum Gasteiger partial charge on any atom is 0.375 e. The topological polar surface area (TPSA) is 101 Å². The second-order valence-electron chi connectivity index (χ2n) is 9.07. The Morgan fingerprint density at radius 3 is 2.14 bits per heavy atom. The van der Waals surface area contributed by atoms with Crippen LogP contribution in [0.2, 0.25) is 10.0 Å². The van der Waals surface area contributed by atoms with Gasteiger partial charge in [-0.15, -0.1) is 0 Å². The predicted molar refractivity (Wildman–Crippen MR) is 135 cm³/mol. The van der Waals surface area contributed by atoms with Crippen molar-refractivity contribution in [3.05, 3.63) is 63.6 Å². The second-order valence-corrected chi connectivity index (χ2v) is 9.88. The lowest BCUT2D eigenvalue weighted by molar-refractivity contribution is -0.173. The summed E-state index contributed by atoms with van der Waals surface area (Å²) in [7, 11) is 0. The molecule has 0 unspecified atom stereocenters. The van der Waals surface area contributed by atoms with Crippen LogP contribution in [0.1, 0.15) is 57.0 Å². The van der Waals surface area contributed by atoms with E-state index in [0.29, 0.717) is 10.6 Å². The van der Waals surface area contributed by atoms with Crippen molar-refractivity contribution in [2.45, 2.75) is 53.2 Å². The van der Waals surface area contributed by atoms with Gasteiger partial charge in [-0.25, -0.2) is 9.59 Å². The summed E-state index contributed by atoms with van der Waals surface area (Å²) in [6, 6.07) is 10.5. The number of halogens is 2. The number of ether oxygens (including phenoxy) is 1. The van der Waals surface area contributed by atoms with E-state index < -0.39 is 35.7 Å². The molecule has 0 spiro atoms. The third-order valence-corrected chi connectivity index (χ3v) is 6.91. The number of Topliss-reactive ketones (excluding diaryl/α,β-unsaturated/α-hetero) is 1. The normalized spacial score (nSPS) is 11.5. The quantitative estimate of drug-likeness (QED) is 0.241. The molecule has 188 valence electrons. The summed E-state index contributed by atoms with van der Waals surface area (Å²) in [5.41, 5.74) is -0.0809. The molecule has 7 nitrogen and oxygen atoms in total. The molecule has 35 heavy (non-hydrogen) atoms. The number of carboxylic acids is 1. The van der Waals surface area contributed by atoms with Crippen LogP contribution in [0.4, 0.5) is 5.69 Å². The van der Waals surface area contributed by atoms with Crippen molar-refractivity contribution < 1.29 is 29.0 Å². The molecule has 1 amide bonds. The summed E-state index contributed by atoms with van der Waals surface area (Å²) < 4.78 is 5.54. The van der Waals surface area contributed by atoms with Gasteiger partial charge in [-0.3, -0.25) is 9.59 Å². The van der Waals surface area contributed by atoms with E-state index in [-0.39, 0.29) is 34.7 Å². The standard InChI is InChI=1S/C26H29Cl2NO6/c1-15(2)26(5,16(3)4)35-25(34)22(30)13-23(31)29(14-17-9-10-20(27)21(28)11-17)19-8-6-7-18(12-19)24(32)33/h6-12,15-16H,13-14H2,1-5H3,(H,32,33). The molecule has 2 aromatic rings. The number of carboxylic acid groups (broad SMARTS) is 1. The highest BCUT2D eigenvalue weighted by Gasteiger charge is 2.38. The zero-order chi connectivity index (χ0) is 26.5. The number of hydrogen-bond acceptors (Lipinski definition) is 5. The molecule has 2 aromatic carbocycles. The van der Waals surface area contributed by atoms with E-state index in [2.05, 4.69) is 0 Å². The first-order valence-electron chi connectivity index (χ1n) is 11.1. The van der Waals surface area contributed by atoms with Gasteiger partial charge >= 0.3 is 11.9 Å². The summed E-state index contributed by atoms with van der Waals surface area (Å²) >= 11 is 12.1. The number of benzene rings is 2. The molecule has 0 fully saturated rings. The van der Waals surface area contributed by atoms with Crippen LogP contribution in [0, 0.1) is 11.8 Å². The summed E-state index contributed by atoms with van der Waals surface area (Å²) in [6.07, 6.45) is -0.746. The Morgan fingerprint density at radius 2 is 1.60 bits per heavy atom. The number of ketones is 1. The molecular weight excluding hydrogens is 493 g/mol. The fraction of sp³-hybridized carbons (Fsp3) is 0.385. The number of aromatic carboxylic acids is 1. The first-order valence-corrected chi connectivity index (χ1v) is 11.9. The van der Waals surface area contributed by atoms with Crippen LogP contribution in [0.3, 0.4) is 0 Å². The number of anilines is 1. The van der Waals surface area contributed by atoms with Crippen molar-refractivity contribution in [3.8, 4) is 0 Å². The minimum Gasteiger partial charge on any atom is -0.478 e. The molecule has 0 aliphatic heterocycles. The molecule has 0 atom stereocenters. The molecule has 2 rings (SSSR count). The van der Waals surface area contributed by atoms with E-state index in [1.165, 1.54) is 23.1 Å². The third-order valence-electron chi connectivity index (χ3n) is 6.18. The molecule has 0 heterocycles. The minimum absolute atomic E-state index is 0.0309. The molecule has 0 aliphatic carbocycles. The third kappa shape index (κ3) is 7.05. The Bertz CT molecular complexity index is 1120. The number of carbonyl (C=O) groups is 4. The minimum atomic E-state index is -1.17. The van der Waals surface area contributed by atoms with Gasteiger partial charge in [-0.2, -0.15) is 0 Å². The highest BCUT2D eigenvalue weighted by Crippen LogP contribution is 2.30. The first kappa shape index (κ1) is 28.3. The Balaban J connectivity index is 2.33. The van der Waals surface area contributed by atoms with Gasteiger partial charge in [-0.1, -0.05) is 63.0 Å². The maximum atomic E-state index is 13.2. The molecule has 0 saturated heterocycles. The van der Waals surface area contributed by atoms with Gasteiger partial charge < -0.3 is 14.7 Å². The van der Waals surface area contributed by atoms with Gasteiger partial charge in [0.1, 0.15) is 5.60 Å². The smallest absolute Gasteiger partial charge is 0.375 e. The van der Waals surface area contributed by atoms with Crippen LogP contribution in [0.5, 0.6) is 0 Å². The highest BCUT2D eigenvalue weighted by molar-refractivity contribution is 6.42. The zero-order valence-electron chi connectivity index (χ0n) is 20.3. The zero-order valence-corrected chi connectivity index (χ0v) is 21.8. The monoisotopic (exact) mass is 521 g/mol. The summed E-state index contributed by atoms with van der Waals surface area (Å²) in [4.78, 5) is 51.2. The maximum absolute atomic E-state index is 13.2. The Labute approximate surface area is 215 Å². The highest BCUT2D eigenvalue weighted by atomic mass is 35.5. The largest absolute Gasteiger partial charge is 0.478 e. The summed E-state index contributed by atoms with van der Waals surface area (Å²) in [6.45, 7) is 9.27. The van der Waals surface area contributed by atoms with Crippen molar-refractivity contribution in [1.82, 2.24) is 0 Å². The number of amides is 1. The summed E-state index contributed by atoms with van der Waals surface area (Å²) in [5.74, 6) is -4.06. The second kappa shape index (κ2) is 11.7. The molecule has 0 aromatic heterocycles. The van der Waals surface area contributed by atoms with E-state index in [9.17, 15) is 24.3 Å². The Kier molecular flexibility index (Phi) is 9.46. The van der Waals surface area contributed by atoms with Gasteiger partial charge in [-0.05, 0) is 54.7 Å². The van der Waals surface area contributed by atoms with Crippen LogP contribution in [0.25, 0.3) is 0 Å². The Morgan fingerprint density at radius 1 is 0.971 bits per heavy atom. The number of rotatable bonds is 10.